The van der Waals surface area contributed by atoms with Crippen LogP contribution in [0, 0.1) is 10.1 Å². The van der Waals surface area contributed by atoms with Crippen molar-refractivity contribution in [2.75, 3.05) is 32.5 Å². The Bertz CT molecular complexity index is 711. The number of fused-ring (bicyclic) bond motifs is 1. The van der Waals surface area contributed by atoms with Crippen molar-refractivity contribution in [3.8, 4) is 0 Å². The molecule has 2 aromatic rings. The van der Waals surface area contributed by atoms with E-state index in [1.165, 1.54) is 12.4 Å². The number of hydrogen-bond donors (Lipinski definition) is 2. The molecule has 112 valence electrons. The zero-order valence-electron chi connectivity index (χ0n) is 11.9. The zero-order valence-corrected chi connectivity index (χ0v) is 11.9. The first-order valence-corrected chi connectivity index (χ1v) is 6.53. The first kappa shape index (κ1) is 14.9. The minimum Gasteiger partial charge on any atom is -0.379 e. The number of benzene rings is 1. The molecule has 0 bridgehead atoms. The first-order valence-electron chi connectivity index (χ1n) is 6.53. The minimum atomic E-state index is -0.500. The van der Waals surface area contributed by atoms with Crippen molar-refractivity contribution in [1.82, 2.24) is 14.9 Å². The molecule has 0 saturated carbocycles. The summed E-state index contributed by atoms with van der Waals surface area (Å²) in [7, 11) is 3.93. The molecule has 0 spiro atoms. The number of nitrogens with one attached hydrogen (secondary N) is 2. The van der Waals surface area contributed by atoms with E-state index in [9.17, 15) is 14.9 Å². The van der Waals surface area contributed by atoms with Gasteiger partial charge in [0.15, 0.2) is 0 Å². The van der Waals surface area contributed by atoms with Gasteiger partial charge in [0.1, 0.15) is 5.69 Å². The molecule has 21 heavy (non-hydrogen) atoms. The lowest BCUT2D eigenvalue weighted by Crippen LogP contribution is -2.16. The third kappa shape index (κ3) is 3.54. The summed E-state index contributed by atoms with van der Waals surface area (Å²) in [6.45, 7) is 1.49. The summed E-state index contributed by atoms with van der Waals surface area (Å²) in [4.78, 5) is 30.8. The second kappa shape index (κ2) is 6.31. The Kier molecular flexibility index (Phi) is 4.49. The third-order valence-electron chi connectivity index (χ3n) is 3.05. The fraction of sp³-hybridized carbons (Fsp3) is 0.385. The Morgan fingerprint density at radius 3 is 2.86 bits per heavy atom. The van der Waals surface area contributed by atoms with E-state index in [-0.39, 0.29) is 16.6 Å². The van der Waals surface area contributed by atoms with Gasteiger partial charge in [-0.2, -0.15) is 0 Å². The Labute approximate surface area is 121 Å². The summed E-state index contributed by atoms with van der Waals surface area (Å²) in [6, 6.07) is 2.80. The second-order valence-corrected chi connectivity index (χ2v) is 4.96. The van der Waals surface area contributed by atoms with Gasteiger partial charge in [-0.05, 0) is 33.1 Å². The van der Waals surface area contributed by atoms with Gasteiger partial charge in [0.25, 0.3) is 11.2 Å². The minimum absolute atomic E-state index is 0.120. The van der Waals surface area contributed by atoms with Crippen LogP contribution in [0.1, 0.15) is 6.42 Å². The molecule has 0 aliphatic heterocycles. The van der Waals surface area contributed by atoms with E-state index in [1.54, 1.807) is 6.07 Å². The summed E-state index contributed by atoms with van der Waals surface area (Å²) in [6.07, 6.45) is 2.14. The van der Waals surface area contributed by atoms with E-state index in [4.69, 9.17) is 0 Å². The highest BCUT2D eigenvalue weighted by molar-refractivity contribution is 5.86. The Hall–Kier alpha value is -2.48. The van der Waals surface area contributed by atoms with Crippen molar-refractivity contribution in [2.24, 2.45) is 0 Å². The van der Waals surface area contributed by atoms with Crippen molar-refractivity contribution in [3.63, 3.8) is 0 Å². The van der Waals surface area contributed by atoms with E-state index in [0.717, 1.165) is 13.0 Å². The number of aromatic nitrogens is 2. The Balaban J connectivity index is 2.31. The summed E-state index contributed by atoms with van der Waals surface area (Å²) >= 11 is 0. The summed E-state index contributed by atoms with van der Waals surface area (Å²) in [5, 5.41) is 14.4. The van der Waals surface area contributed by atoms with Crippen LogP contribution in [-0.2, 0) is 0 Å². The number of rotatable bonds is 6. The average Bonchev–Trinajstić information content (AvgIpc) is 2.43. The van der Waals surface area contributed by atoms with Gasteiger partial charge in [-0.3, -0.25) is 14.9 Å². The fourth-order valence-electron chi connectivity index (χ4n) is 2.01. The largest absolute Gasteiger partial charge is 0.379 e. The number of hydrogen-bond acceptors (Lipinski definition) is 6. The molecule has 0 unspecified atom stereocenters. The van der Waals surface area contributed by atoms with E-state index < -0.39 is 4.92 Å². The molecule has 0 aliphatic carbocycles. The summed E-state index contributed by atoms with van der Waals surface area (Å²) in [5.74, 6) is 0. The van der Waals surface area contributed by atoms with Gasteiger partial charge in [0.05, 0.1) is 22.2 Å². The van der Waals surface area contributed by atoms with Gasteiger partial charge >= 0.3 is 0 Å². The van der Waals surface area contributed by atoms with E-state index in [2.05, 4.69) is 15.3 Å². The maximum atomic E-state index is 11.7. The summed E-state index contributed by atoms with van der Waals surface area (Å²) < 4.78 is 0. The van der Waals surface area contributed by atoms with Gasteiger partial charge in [0, 0.05) is 12.6 Å². The van der Waals surface area contributed by atoms with E-state index >= 15 is 0 Å². The van der Waals surface area contributed by atoms with Gasteiger partial charge in [-0.25, -0.2) is 4.98 Å². The number of aromatic amines is 1. The molecule has 0 amide bonds. The van der Waals surface area contributed by atoms with Gasteiger partial charge in [0.2, 0.25) is 0 Å². The molecule has 0 atom stereocenters. The van der Waals surface area contributed by atoms with E-state index in [1.807, 2.05) is 19.0 Å². The molecule has 1 aromatic heterocycles. The quantitative estimate of drug-likeness (QED) is 0.471. The molecule has 8 heteroatoms. The standard InChI is InChI=1S/C13H17N5O3/c1-17(2)5-3-4-14-11-7-10-9(6-12(11)18(20)21)13(19)16-8-15-10/h6-8,14H,3-5H2,1-2H3,(H,15,16,19). The molecule has 0 aliphatic rings. The predicted octanol–water partition coefficient (Wildman–Crippen LogP) is 1.19. The molecule has 2 rings (SSSR count). The monoisotopic (exact) mass is 291 g/mol. The average molecular weight is 291 g/mol. The maximum Gasteiger partial charge on any atom is 0.293 e. The topological polar surface area (TPSA) is 104 Å². The number of nitro groups is 1. The van der Waals surface area contributed by atoms with Gasteiger partial charge < -0.3 is 15.2 Å². The smallest absolute Gasteiger partial charge is 0.293 e. The van der Waals surface area contributed by atoms with Crippen LogP contribution < -0.4 is 10.9 Å². The van der Waals surface area contributed by atoms with Crippen LogP contribution in [0.5, 0.6) is 0 Å². The van der Waals surface area contributed by atoms with Crippen molar-refractivity contribution >= 4 is 22.3 Å². The maximum absolute atomic E-state index is 11.7. The number of nitrogens with zero attached hydrogens (tertiary/aromatic N) is 3. The molecule has 0 radical (unpaired) electrons. The predicted molar refractivity (Wildman–Crippen MR) is 80.7 cm³/mol. The molecule has 1 aromatic carbocycles. The van der Waals surface area contributed by atoms with Crippen LogP contribution in [0.25, 0.3) is 10.9 Å². The third-order valence-corrected chi connectivity index (χ3v) is 3.05. The highest BCUT2D eigenvalue weighted by Gasteiger charge is 2.16. The SMILES string of the molecule is CN(C)CCCNc1cc2nc[nH]c(=O)c2cc1[N+](=O)[O-]. The molecular formula is C13H17N5O3. The summed E-state index contributed by atoms with van der Waals surface area (Å²) in [5.41, 5.74) is 0.303. The Morgan fingerprint density at radius 1 is 1.43 bits per heavy atom. The molecular weight excluding hydrogens is 274 g/mol. The van der Waals surface area contributed by atoms with Crippen molar-refractivity contribution < 1.29 is 4.92 Å². The number of anilines is 1. The lowest BCUT2D eigenvalue weighted by molar-refractivity contribution is -0.383. The fourth-order valence-corrected chi connectivity index (χ4v) is 2.01. The van der Waals surface area contributed by atoms with Crippen LogP contribution in [0.2, 0.25) is 0 Å². The molecule has 8 nitrogen and oxygen atoms in total. The van der Waals surface area contributed by atoms with Crippen LogP contribution in [0.15, 0.2) is 23.3 Å². The zero-order chi connectivity index (χ0) is 15.4. The normalized spacial score (nSPS) is 11.0. The number of nitro benzene ring substituents is 1. The van der Waals surface area contributed by atoms with Crippen LogP contribution >= 0.6 is 0 Å². The van der Waals surface area contributed by atoms with E-state index in [0.29, 0.717) is 17.7 Å². The highest BCUT2D eigenvalue weighted by atomic mass is 16.6. The van der Waals surface area contributed by atoms with Crippen molar-refractivity contribution in [1.29, 1.82) is 0 Å². The number of H-pyrrole nitrogens is 1. The van der Waals surface area contributed by atoms with Gasteiger partial charge in [-0.1, -0.05) is 0 Å². The second-order valence-electron chi connectivity index (χ2n) is 4.96. The van der Waals surface area contributed by atoms with Crippen LogP contribution in [0.3, 0.4) is 0 Å². The highest BCUT2D eigenvalue weighted by Crippen LogP contribution is 2.27. The first-order chi connectivity index (χ1) is 9.99. The lowest BCUT2D eigenvalue weighted by Gasteiger charge is -2.11. The molecule has 1 heterocycles. The van der Waals surface area contributed by atoms with Crippen molar-refractivity contribution in [3.05, 3.63) is 38.9 Å². The molecule has 0 fully saturated rings. The van der Waals surface area contributed by atoms with Gasteiger partial charge in [-0.15, -0.1) is 0 Å². The van der Waals surface area contributed by atoms with Crippen LogP contribution in [0.4, 0.5) is 11.4 Å². The molecule has 2 N–H and O–H groups in total. The van der Waals surface area contributed by atoms with Crippen LogP contribution in [-0.4, -0.2) is 47.0 Å². The Morgan fingerprint density at radius 2 is 2.19 bits per heavy atom. The lowest BCUT2D eigenvalue weighted by atomic mass is 10.2. The molecule has 0 saturated heterocycles. The van der Waals surface area contributed by atoms with Crippen molar-refractivity contribution in [2.45, 2.75) is 6.42 Å².